The lowest BCUT2D eigenvalue weighted by molar-refractivity contribution is 0.684. The lowest BCUT2D eigenvalue weighted by Crippen LogP contribution is -2.14. The first kappa shape index (κ1) is 10.1. The number of hydrogen-bond acceptors (Lipinski definition) is 3. The molecular formula is C9H15NS2. The second-order valence-corrected chi connectivity index (χ2v) is 4.23. The fourth-order valence-corrected chi connectivity index (χ4v) is 2.03. The van der Waals surface area contributed by atoms with E-state index in [9.17, 15) is 0 Å². The Balaban J connectivity index is 2.20. The van der Waals surface area contributed by atoms with Crippen molar-refractivity contribution < 1.29 is 0 Å². The fraction of sp³-hybridized carbons (Fsp3) is 0.556. The summed E-state index contributed by atoms with van der Waals surface area (Å²) >= 11 is 5.98. The molecule has 0 spiro atoms. The summed E-state index contributed by atoms with van der Waals surface area (Å²) in [6, 6.07) is 2.17. The fourth-order valence-electron chi connectivity index (χ4n) is 0.991. The highest BCUT2D eigenvalue weighted by molar-refractivity contribution is 7.80. The summed E-state index contributed by atoms with van der Waals surface area (Å²) in [6.07, 6.45) is 1.15. The summed E-state index contributed by atoms with van der Waals surface area (Å²) in [7, 11) is 0. The summed E-state index contributed by atoms with van der Waals surface area (Å²) < 4.78 is 0. The molecule has 0 aliphatic carbocycles. The van der Waals surface area contributed by atoms with E-state index in [1.54, 1.807) is 0 Å². The molecule has 1 N–H and O–H groups in total. The predicted molar refractivity (Wildman–Crippen MR) is 59.2 cm³/mol. The Morgan fingerprint density at radius 2 is 2.42 bits per heavy atom. The zero-order valence-electron chi connectivity index (χ0n) is 7.34. The Kier molecular flexibility index (Phi) is 4.73. The van der Waals surface area contributed by atoms with Gasteiger partial charge >= 0.3 is 0 Å². The average molecular weight is 201 g/mol. The van der Waals surface area contributed by atoms with Crippen molar-refractivity contribution in [2.24, 2.45) is 0 Å². The molecule has 0 aliphatic heterocycles. The molecule has 0 saturated heterocycles. The van der Waals surface area contributed by atoms with Crippen molar-refractivity contribution in [3.05, 3.63) is 21.9 Å². The first-order chi connectivity index (χ1) is 5.84. The molecule has 1 heterocycles. The van der Waals surface area contributed by atoms with Crippen molar-refractivity contribution in [1.82, 2.24) is 5.32 Å². The maximum absolute atomic E-state index is 4.15. The molecule has 0 amide bonds. The molecule has 0 aromatic carbocycles. The van der Waals surface area contributed by atoms with E-state index in [-0.39, 0.29) is 0 Å². The first-order valence-electron chi connectivity index (χ1n) is 4.19. The number of thiol groups is 1. The third-order valence-corrected chi connectivity index (χ3v) is 3.10. The maximum Gasteiger partial charge on any atom is 0.0302 e. The van der Waals surface area contributed by atoms with Gasteiger partial charge in [0.05, 0.1) is 0 Å². The van der Waals surface area contributed by atoms with Gasteiger partial charge in [-0.05, 0) is 42.7 Å². The molecule has 0 radical (unpaired) electrons. The summed E-state index contributed by atoms with van der Waals surface area (Å²) in [5.74, 6) is 0.969. The van der Waals surface area contributed by atoms with E-state index in [0.717, 1.165) is 25.3 Å². The summed E-state index contributed by atoms with van der Waals surface area (Å²) in [5.41, 5.74) is 1.40. The van der Waals surface area contributed by atoms with Crippen LogP contribution in [0, 0.1) is 6.92 Å². The molecule has 68 valence electrons. The van der Waals surface area contributed by atoms with Gasteiger partial charge in [0, 0.05) is 11.4 Å². The molecule has 0 fully saturated rings. The number of rotatable bonds is 5. The van der Waals surface area contributed by atoms with Crippen molar-refractivity contribution in [3.8, 4) is 0 Å². The molecule has 0 unspecified atom stereocenters. The van der Waals surface area contributed by atoms with Gasteiger partial charge in [-0.3, -0.25) is 0 Å². The Hall–Kier alpha value is 0.01000. The molecule has 12 heavy (non-hydrogen) atoms. The second kappa shape index (κ2) is 5.62. The van der Waals surface area contributed by atoms with E-state index in [0.29, 0.717) is 0 Å². The van der Waals surface area contributed by atoms with Crippen LogP contribution in [-0.4, -0.2) is 12.3 Å². The largest absolute Gasteiger partial charge is 0.312 e. The van der Waals surface area contributed by atoms with Crippen LogP contribution in [0.2, 0.25) is 0 Å². The highest BCUT2D eigenvalue weighted by Gasteiger charge is 1.97. The minimum absolute atomic E-state index is 0.969. The van der Waals surface area contributed by atoms with Crippen LogP contribution < -0.4 is 5.32 Å². The summed E-state index contributed by atoms with van der Waals surface area (Å²) in [6.45, 7) is 4.24. The van der Waals surface area contributed by atoms with Gasteiger partial charge in [-0.25, -0.2) is 0 Å². The number of aryl methyl sites for hydroxylation is 1. The van der Waals surface area contributed by atoms with Gasteiger partial charge in [0.2, 0.25) is 0 Å². The standard InChI is InChI=1S/C9H15NS2/c1-8-3-6-12-9(8)7-10-4-2-5-11/h3,6,10-11H,2,4-5,7H2,1H3. The van der Waals surface area contributed by atoms with E-state index in [1.807, 2.05) is 11.3 Å². The van der Waals surface area contributed by atoms with Crippen LogP contribution in [0.5, 0.6) is 0 Å². The van der Waals surface area contributed by atoms with Gasteiger partial charge in [-0.1, -0.05) is 0 Å². The SMILES string of the molecule is Cc1ccsc1CNCCCS. The smallest absolute Gasteiger partial charge is 0.0302 e. The molecule has 0 aliphatic rings. The van der Waals surface area contributed by atoms with Crippen LogP contribution >= 0.6 is 24.0 Å². The minimum Gasteiger partial charge on any atom is -0.312 e. The van der Waals surface area contributed by atoms with Crippen molar-refractivity contribution in [1.29, 1.82) is 0 Å². The van der Waals surface area contributed by atoms with Gasteiger partial charge in [0.1, 0.15) is 0 Å². The minimum atomic E-state index is 0.969. The van der Waals surface area contributed by atoms with Crippen molar-refractivity contribution in [3.63, 3.8) is 0 Å². The average Bonchev–Trinajstić information content (AvgIpc) is 2.46. The summed E-state index contributed by atoms with van der Waals surface area (Å²) in [5, 5.41) is 5.53. The number of nitrogens with one attached hydrogen (secondary N) is 1. The molecule has 3 heteroatoms. The van der Waals surface area contributed by atoms with E-state index in [2.05, 4.69) is 36.3 Å². The molecule has 1 aromatic heterocycles. The Bertz CT molecular complexity index is 220. The Morgan fingerprint density at radius 3 is 3.00 bits per heavy atom. The first-order valence-corrected chi connectivity index (χ1v) is 5.70. The molecule has 0 saturated carbocycles. The molecule has 1 rings (SSSR count). The summed E-state index contributed by atoms with van der Waals surface area (Å²) in [4.78, 5) is 1.45. The Labute approximate surface area is 83.6 Å². The Morgan fingerprint density at radius 1 is 1.58 bits per heavy atom. The van der Waals surface area contributed by atoms with E-state index < -0.39 is 0 Å². The van der Waals surface area contributed by atoms with E-state index in [1.165, 1.54) is 10.4 Å². The van der Waals surface area contributed by atoms with Crippen LogP contribution in [0.25, 0.3) is 0 Å². The van der Waals surface area contributed by atoms with Crippen molar-refractivity contribution >= 4 is 24.0 Å². The molecular weight excluding hydrogens is 186 g/mol. The maximum atomic E-state index is 4.15. The lowest BCUT2D eigenvalue weighted by Gasteiger charge is -2.01. The lowest BCUT2D eigenvalue weighted by atomic mass is 10.3. The van der Waals surface area contributed by atoms with Crippen LogP contribution in [0.15, 0.2) is 11.4 Å². The van der Waals surface area contributed by atoms with Crippen LogP contribution in [0.1, 0.15) is 16.9 Å². The van der Waals surface area contributed by atoms with Crippen LogP contribution in [0.4, 0.5) is 0 Å². The third kappa shape index (κ3) is 3.17. The molecule has 1 aromatic rings. The zero-order chi connectivity index (χ0) is 8.81. The van der Waals surface area contributed by atoms with Crippen LogP contribution in [0.3, 0.4) is 0 Å². The normalized spacial score (nSPS) is 10.5. The molecule has 0 atom stereocenters. The van der Waals surface area contributed by atoms with E-state index >= 15 is 0 Å². The quantitative estimate of drug-likeness (QED) is 0.551. The monoisotopic (exact) mass is 201 g/mol. The predicted octanol–water partition coefficient (Wildman–Crippen LogP) is 2.47. The number of hydrogen-bond donors (Lipinski definition) is 2. The molecule has 0 bridgehead atoms. The van der Waals surface area contributed by atoms with Crippen molar-refractivity contribution in [2.75, 3.05) is 12.3 Å². The van der Waals surface area contributed by atoms with Crippen LogP contribution in [-0.2, 0) is 6.54 Å². The second-order valence-electron chi connectivity index (χ2n) is 2.78. The zero-order valence-corrected chi connectivity index (χ0v) is 9.05. The topological polar surface area (TPSA) is 12.0 Å². The van der Waals surface area contributed by atoms with Crippen molar-refractivity contribution in [2.45, 2.75) is 19.9 Å². The third-order valence-electron chi connectivity index (χ3n) is 1.77. The highest BCUT2D eigenvalue weighted by atomic mass is 32.1. The van der Waals surface area contributed by atoms with Gasteiger partial charge in [0.15, 0.2) is 0 Å². The van der Waals surface area contributed by atoms with Gasteiger partial charge in [0.25, 0.3) is 0 Å². The van der Waals surface area contributed by atoms with Gasteiger partial charge in [-0.2, -0.15) is 12.6 Å². The number of thiophene rings is 1. The molecule has 1 nitrogen and oxygen atoms in total. The van der Waals surface area contributed by atoms with E-state index in [4.69, 9.17) is 0 Å². The van der Waals surface area contributed by atoms with Gasteiger partial charge in [-0.15, -0.1) is 11.3 Å². The van der Waals surface area contributed by atoms with Gasteiger partial charge < -0.3 is 5.32 Å². The highest BCUT2D eigenvalue weighted by Crippen LogP contribution is 2.14.